The van der Waals surface area contributed by atoms with Gasteiger partial charge in [-0.05, 0) is 135 Å². The van der Waals surface area contributed by atoms with Crippen LogP contribution in [0.15, 0.2) is 194 Å². The van der Waals surface area contributed by atoms with Crippen molar-refractivity contribution in [2.24, 2.45) is 0 Å². The number of unbranched alkanes of at least 4 members (excludes halogenated alkanes) is 8. The first kappa shape index (κ1) is 71.2. The van der Waals surface area contributed by atoms with Crippen LogP contribution in [0, 0.1) is 0 Å². The van der Waals surface area contributed by atoms with Gasteiger partial charge in [0.25, 0.3) is 0 Å². The van der Waals surface area contributed by atoms with Crippen LogP contribution in [0.4, 0.5) is 0 Å². The molecule has 0 aromatic rings. The second kappa shape index (κ2) is 62.8. The Labute approximate surface area is 471 Å². The van der Waals surface area contributed by atoms with E-state index >= 15 is 0 Å². The van der Waals surface area contributed by atoms with Crippen LogP contribution in [-0.2, 0) is 28.6 Å². The molecule has 0 aromatic carbocycles. The van der Waals surface area contributed by atoms with E-state index in [1.54, 1.807) is 0 Å². The molecule has 0 heterocycles. The zero-order valence-electron chi connectivity index (χ0n) is 48.6. The number of hydrogen-bond acceptors (Lipinski definition) is 6. The van der Waals surface area contributed by atoms with Gasteiger partial charge in [0.15, 0.2) is 6.10 Å². The molecule has 1 unspecified atom stereocenters. The average Bonchev–Trinajstić information content (AvgIpc) is 3.43. The summed E-state index contributed by atoms with van der Waals surface area (Å²) in [5, 5.41) is 0. The van der Waals surface area contributed by atoms with Crippen molar-refractivity contribution in [3.8, 4) is 0 Å². The summed E-state index contributed by atoms with van der Waals surface area (Å²) in [6.07, 6.45) is 96.0. The lowest BCUT2D eigenvalue weighted by Gasteiger charge is -2.18. The van der Waals surface area contributed by atoms with Crippen LogP contribution in [0.1, 0.15) is 213 Å². The molecule has 1 atom stereocenters. The quantitative estimate of drug-likeness (QED) is 0.0261. The van der Waals surface area contributed by atoms with Gasteiger partial charge < -0.3 is 14.2 Å². The third-order valence-electron chi connectivity index (χ3n) is 11.6. The number of ether oxygens (including phenoxy) is 3. The molecule has 0 N–H and O–H groups in total. The number of rotatable bonds is 51. The van der Waals surface area contributed by atoms with Crippen molar-refractivity contribution in [1.82, 2.24) is 0 Å². The van der Waals surface area contributed by atoms with Crippen LogP contribution < -0.4 is 0 Å². The SMILES string of the molecule is CC/C=C\C/C=C\C/C=C\C/C=C\C/C=C\C/C=C\CCCCCCCCCCC(=O)OCC(COC(=O)CC/C=C\C/C=C\C/C=C\C/C=C\CC)OC(=O)CC/C=C\C/C=C\C/C=C\C/C=C\C/C=C\C/C=C\CC. The highest BCUT2D eigenvalue weighted by atomic mass is 16.6. The second-order valence-corrected chi connectivity index (χ2v) is 18.8. The Morgan fingerprint density at radius 2 is 0.494 bits per heavy atom. The summed E-state index contributed by atoms with van der Waals surface area (Å²) in [6.45, 7) is 6.13. The standard InChI is InChI=1S/C71H106O6/c1-4-7-10-13-16-19-22-25-27-29-31-32-33-34-35-36-37-38-40-41-43-46-49-52-55-58-61-64-70(73)76-67-68(66-75-69(72)63-60-57-54-51-48-45-24-21-18-15-12-9-6-3)77-71(74)65-62-59-56-53-50-47-44-42-39-30-28-26-23-20-17-14-11-8-5-2/h7-12,16-21,25-28,31-32,34-35,37-39,42,45,47-48,50,54,56-57,59,68H,4-6,13-15,22-24,29-30,33,36,40-41,43-44,46,49,51-53,55,58,60-67H2,1-3H3/b10-7-,11-8-,12-9-,19-16-,20-17-,21-18-,27-25-,28-26-,32-31-,35-34-,38-37-,42-39-,48-45-,50-47-,57-54-,59-56-. The lowest BCUT2D eigenvalue weighted by molar-refractivity contribution is -0.166. The smallest absolute Gasteiger partial charge is 0.306 e. The molecular formula is C71H106O6. The van der Waals surface area contributed by atoms with Crippen molar-refractivity contribution in [1.29, 1.82) is 0 Å². The number of carbonyl (C=O) groups is 3. The van der Waals surface area contributed by atoms with E-state index in [1.807, 2.05) is 24.3 Å². The normalized spacial score (nSPS) is 13.5. The molecular weight excluding hydrogens is 949 g/mol. The molecule has 426 valence electrons. The first-order valence-corrected chi connectivity index (χ1v) is 29.9. The van der Waals surface area contributed by atoms with Crippen LogP contribution in [0.3, 0.4) is 0 Å². The van der Waals surface area contributed by atoms with Gasteiger partial charge in [0.05, 0.1) is 0 Å². The predicted molar refractivity (Wildman–Crippen MR) is 334 cm³/mol. The van der Waals surface area contributed by atoms with Crippen molar-refractivity contribution in [2.45, 2.75) is 219 Å². The van der Waals surface area contributed by atoms with Gasteiger partial charge in [0, 0.05) is 19.3 Å². The minimum Gasteiger partial charge on any atom is -0.462 e. The predicted octanol–water partition coefficient (Wildman–Crippen LogP) is 20.6. The summed E-state index contributed by atoms with van der Waals surface area (Å²) >= 11 is 0. The molecule has 0 amide bonds. The Morgan fingerprint density at radius 3 is 0.805 bits per heavy atom. The number of carbonyl (C=O) groups excluding carboxylic acids is 3. The first-order chi connectivity index (χ1) is 38.0. The van der Waals surface area contributed by atoms with Crippen LogP contribution in [-0.4, -0.2) is 37.2 Å². The Hall–Kier alpha value is -5.75. The molecule has 0 aromatic heterocycles. The van der Waals surface area contributed by atoms with Crippen LogP contribution >= 0.6 is 0 Å². The van der Waals surface area contributed by atoms with Crippen LogP contribution in [0.2, 0.25) is 0 Å². The summed E-state index contributed by atoms with van der Waals surface area (Å²) in [6, 6.07) is 0. The molecule has 0 radical (unpaired) electrons. The minimum atomic E-state index is -0.863. The maximum Gasteiger partial charge on any atom is 0.306 e. The fourth-order valence-corrected chi connectivity index (χ4v) is 7.25. The van der Waals surface area contributed by atoms with E-state index in [-0.39, 0.29) is 38.0 Å². The lowest BCUT2D eigenvalue weighted by Crippen LogP contribution is -2.30. The number of esters is 3. The van der Waals surface area contributed by atoms with Gasteiger partial charge in [-0.25, -0.2) is 0 Å². The molecule has 0 fully saturated rings. The fourth-order valence-electron chi connectivity index (χ4n) is 7.25. The van der Waals surface area contributed by atoms with E-state index in [0.717, 1.165) is 128 Å². The molecule has 0 rings (SSSR count). The molecule has 0 spiro atoms. The van der Waals surface area contributed by atoms with Gasteiger partial charge in [-0.3, -0.25) is 14.4 Å². The molecule has 77 heavy (non-hydrogen) atoms. The highest BCUT2D eigenvalue weighted by Crippen LogP contribution is 2.13. The summed E-state index contributed by atoms with van der Waals surface area (Å²) in [5.41, 5.74) is 0. The largest absolute Gasteiger partial charge is 0.462 e. The maximum atomic E-state index is 12.8. The molecule has 0 bridgehead atoms. The third-order valence-corrected chi connectivity index (χ3v) is 11.6. The van der Waals surface area contributed by atoms with E-state index in [2.05, 4.69) is 191 Å². The average molecular weight is 1060 g/mol. The van der Waals surface area contributed by atoms with E-state index < -0.39 is 12.1 Å². The van der Waals surface area contributed by atoms with E-state index in [4.69, 9.17) is 14.2 Å². The highest BCUT2D eigenvalue weighted by Gasteiger charge is 2.19. The van der Waals surface area contributed by atoms with Gasteiger partial charge in [0.2, 0.25) is 0 Å². The molecule has 0 saturated heterocycles. The summed E-state index contributed by atoms with van der Waals surface area (Å²) in [5.74, 6) is -1.14. The third kappa shape index (κ3) is 61.0. The maximum absolute atomic E-state index is 12.8. The monoisotopic (exact) mass is 1050 g/mol. The zero-order chi connectivity index (χ0) is 55.7. The Balaban J connectivity index is 4.53. The lowest BCUT2D eigenvalue weighted by atomic mass is 10.1. The van der Waals surface area contributed by atoms with Gasteiger partial charge in [-0.2, -0.15) is 0 Å². The van der Waals surface area contributed by atoms with Crippen molar-refractivity contribution >= 4 is 17.9 Å². The Bertz CT molecular complexity index is 1880. The zero-order valence-corrected chi connectivity index (χ0v) is 48.6. The Kier molecular flexibility index (Phi) is 58.1. The minimum absolute atomic E-state index is 0.146. The highest BCUT2D eigenvalue weighted by molar-refractivity contribution is 5.71. The van der Waals surface area contributed by atoms with E-state index in [0.29, 0.717) is 19.3 Å². The summed E-state index contributed by atoms with van der Waals surface area (Å²) < 4.78 is 16.7. The van der Waals surface area contributed by atoms with Crippen molar-refractivity contribution in [3.63, 3.8) is 0 Å². The van der Waals surface area contributed by atoms with Gasteiger partial charge in [-0.15, -0.1) is 0 Å². The fraction of sp³-hybridized carbons (Fsp3) is 0.507. The van der Waals surface area contributed by atoms with Crippen molar-refractivity contribution in [2.75, 3.05) is 13.2 Å². The van der Waals surface area contributed by atoms with Crippen LogP contribution in [0.25, 0.3) is 0 Å². The molecule has 0 saturated carbocycles. The van der Waals surface area contributed by atoms with Crippen LogP contribution in [0.5, 0.6) is 0 Å². The molecule has 0 aliphatic carbocycles. The number of hydrogen-bond donors (Lipinski definition) is 0. The van der Waals surface area contributed by atoms with Crippen molar-refractivity contribution < 1.29 is 28.6 Å². The van der Waals surface area contributed by atoms with E-state index in [1.165, 1.54) is 32.1 Å². The molecule has 6 nitrogen and oxygen atoms in total. The van der Waals surface area contributed by atoms with Gasteiger partial charge in [-0.1, -0.05) is 254 Å². The topological polar surface area (TPSA) is 78.9 Å². The van der Waals surface area contributed by atoms with Gasteiger partial charge >= 0.3 is 17.9 Å². The summed E-state index contributed by atoms with van der Waals surface area (Å²) in [4.78, 5) is 38.1. The molecule has 6 heteroatoms. The van der Waals surface area contributed by atoms with Crippen molar-refractivity contribution in [3.05, 3.63) is 194 Å². The molecule has 0 aliphatic rings. The summed E-state index contributed by atoms with van der Waals surface area (Å²) in [7, 11) is 0. The second-order valence-electron chi connectivity index (χ2n) is 18.8. The van der Waals surface area contributed by atoms with E-state index in [9.17, 15) is 14.4 Å². The molecule has 0 aliphatic heterocycles. The first-order valence-electron chi connectivity index (χ1n) is 29.9. The Morgan fingerprint density at radius 1 is 0.260 bits per heavy atom. The number of allylic oxidation sites excluding steroid dienone is 32. The van der Waals surface area contributed by atoms with Gasteiger partial charge in [0.1, 0.15) is 13.2 Å².